The number of H-pyrrole nitrogens is 1. The predicted octanol–water partition coefficient (Wildman–Crippen LogP) is 1.86. The summed E-state index contributed by atoms with van der Waals surface area (Å²) in [5.41, 5.74) is -0.165. The molecule has 3 rings (SSSR count). The Hall–Kier alpha value is -3.24. The van der Waals surface area contributed by atoms with E-state index in [1.165, 1.54) is 24.3 Å². The molecule has 0 unspecified atom stereocenters. The monoisotopic (exact) mass is 420 g/mol. The molecule has 10 nitrogen and oxygen atoms in total. The van der Waals surface area contributed by atoms with E-state index in [1.807, 2.05) is 13.8 Å². The highest BCUT2D eigenvalue weighted by molar-refractivity contribution is 5.87. The molecule has 0 spiro atoms. The van der Waals surface area contributed by atoms with E-state index >= 15 is 0 Å². The van der Waals surface area contributed by atoms with Crippen molar-refractivity contribution in [1.82, 2.24) is 9.97 Å². The Balaban J connectivity index is 0.000000232. The van der Waals surface area contributed by atoms with E-state index < -0.39 is 17.7 Å². The molecule has 0 aromatic carbocycles. The van der Waals surface area contributed by atoms with Gasteiger partial charge in [0.05, 0.1) is 13.2 Å². The normalized spacial score (nSPS) is 16.8. The molecule has 1 aliphatic heterocycles. The Morgan fingerprint density at radius 2 is 2.00 bits per heavy atom. The lowest BCUT2D eigenvalue weighted by Crippen LogP contribution is -2.25. The highest BCUT2D eigenvalue weighted by atomic mass is 16.7. The lowest BCUT2D eigenvalue weighted by molar-refractivity contribution is -0.141. The Bertz CT molecular complexity index is 925. The van der Waals surface area contributed by atoms with Crippen molar-refractivity contribution in [2.45, 2.75) is 32.7 Å². The second kappa shape index (κ2) is 10.5. The second-order valence-electron chi connectivity index (χ2n) is 6.58. The van der Waals surface area contributed by atoms with Crippen LogP contribution in [0.4, 0.5) is 0 Å². The van der Waals surface area contributed by atoms with Crippen LogP contribution in [0.3, 0.4) is 0 Å². The van der Waals surface area contributed by atoms with E-state index in [0.29, 0.717) is 13.2 Å². The first-order valence-electron chi connectivity index (χ1n) is 9.21. The molecule has 0 aliphatic carbocycles. The zero-order valence-electron chi connectivity index (χ0n) is 16.9. The SMILES string of the molecule is CC1(C)OC[C@@H](COc2cccc(C(=O)O)n2)O1.CCOC(=O)c1cccc(=O)[nH]1. The number of pyridine rings is 2. The fourth-order valence-corrected chi connectivity index (χ4v) is 2.41. The van der Waals surface area contributed by atoms with Crippen LogP contribution in [-0.4, -0.2) is 58.7 Å². The zero-order chi connectivity index (χ0) is 22.1. The number of hydrogen-bond donors (Lipinski definition) is 2. The van der Waals surface area contributed by atoms with Crippen LogP contribution < -0.4 is 10.3 Å². The van der Waals surface area contributed by atoms with Crippen LogP contribution >= 0.6 is 0 Å². The van der Waals surface area contributed by atoms with Crippen molar-refractivity contribution < 1.29 is 33.6 Å². The van der Waals surface area contributed by atoms with Gasteiger partial charge >= 0.3 is 11.9 Å². The molecule has 2 aromatic heterocycles. The maximum Gasteiger partial charge on any atom is 0.354 e. The van der Waals surface area contributed by atoms with Crippen LogP contribution in [-0.2, 0) is 14.2 Å². The summed E-state index contributed by atoms with van der Waals surface area (Å²) in [6.45, 7) is 6.40. The number of carboxylic acids is 1. The van der Waals surface area contributed by atoms with Crippen molar-refractivity contribution in [2.75, 3.05) is 19.8 Å². The van der Waals surface area contributed by atoms with E-state index in [1.54, 1.807) is 19.1 Å². The molecule has 162 valence electrons. The minimum atomic E-state index is -1.08. The predicted molar refractivity (Wildman–Crippen MR) is 105 cm³/mol. The van der Waals surface area contributed by atoms with E-state index in [-0.39, 0.29) is 35.5 Å². The third-order valence-electron chi connectivity index (χ3n) is 3.69. The second-order valence-corrected chi connectivity index (χ2v) is 6.58. The highest BCUT2D eigenvalue weighted by Crippen LogP contribution is 2.22. The van der Waals surface area contributed by atoms with Crippen molar-refractivity contribution in [2.24, 2.45) is 0 Å². The zero-order valence-corrected chi connectivity index (χ0v) is 16.9. The minimum absolute atomic E-state index is 0.0450. The third-order valence-corrected chi connectivity index (χ3v) is 3.69. The maximum atomic E-state index is 11.0. The van der Waals surface area contributed by atoms with E-state index in [9.17, 15) is 14.4 Å². The molecule has 3 heterocycles. The van der Waals surface area contributed by atoms with Crippen molar-refractivity contribution in [3.05, 3.63) is 58.1 Å². The Kier molecular flexibility index (Phi) is 8.07. The van der Waals surface area contributed by atoms with E-state index in [2.05, 4.69) is 14.7 Å². The van der Waals surface area contributed by atoms with Gasteiger partial charge in [-0.2, -0.15) is 0 Å². The number of carbonyl (C=O) groups is 2. The Morgan fingerprint density at radius 3 is 2.60 bits per heavy atom. The number of ether oxygens (including phenoxy) is 4. The smallest absolute Gasteiger partial charge is 0.354 e. The molecule has 2 N–H and O–H groups in total. The molecule has 30 heavy (non-hydrogen) atoms. The number of nitrogens with zero attached hydrogens (tertiary/aromatic N) is 1. The molecule has 1 atom stereocenters. The van der Waals surface area contributed by atoms with Gasteiger partial charge in [-0.3, -0.25) is 4.79 Å². The summed E-state index contributed by atoms with van der Waals surface area (Å²) in [6.07, 6.45) is -0.171. The van der Waals surface area contributed by atoms with Gasteiger partial charge in [0.2, 0.25) is 11.4 Å². The van der Waals surface area contributed by atoms with Crippen LogP contribution in [0.1, 0.15) is 41.7 Å². The molecule has 0 saturated carbocycles. The molecular weight excluding hydrogens is 396 g/mol. The van der Waals surface area contributed by atoms with Gasteiger partial charge in [0.25, 0.3) is 0 Å². The number of carboxylic acid groups (broad SMARTS) is 1. The van der Waals surface area contributed by atoms with Gasteiger partial charge in [-0.1, -0.05) is 12.1 Å². The number of esters is 1. The van der Waals surface area contributed by atoms with Crippen LogP contribution in [0, 0.1) is 0 Å². The molecule has 1 aliphatic rings. The molecule has 2 aromatic rings. The number of rotatable bonds is 6. The van der Waals surface area contributed by atoms with Crippen LogP contribution in [0.2, 0.25) is 0 Å². The molecule has 10 heteroatoms. The van der Waals surface area contributed by atoms with Crippen LogP contribution in [0.15, 0.2) is 41.2 Å². The number of aromatic carboxylic acids is 1. The molecular formula is C20H24N2O8. The van der Waals surface area contributed by atoms with E-state index in [4.69, 9.17) is 19.3 Å². The highest BCUT2D eigenvalue weighted by Gasteiger charge is 2.33. The van der Waals surface area contributed by atoms with Gasteiger partial charge in [0.15, 0.2) is 11.5 Å². The standard InChI is InChI=1S/C12H15NO5.C8H9NO3/c1-12(2)17-7-8(18-12)6-16-10-5-3-4-9(13-10)11(14)15;1-2-12-8(11)6-4-3-5-7(10)9-6/h3-5,8H,6-7H2,1-2H3,(H,14,15);3-5H,2H2,1H3,(H,9,10)/t8-;/m1./s1. The summed E-state index contributed by atoms with van der Waals surface area (Å²) in [5, 5.41) is 8.79. The van der Waals surface area contributed by atoms with E-state index in [0.717, 1.165) is 0 Å². The lowest BCUT2D eigenvalue weighted by Gasteiger charge is -2.17. The lowest BCUT2D eigenvalue weighted by atomic mass is 10.3. The minimum Gasteiger partial charge on any atom is -0.477 e. The average molecular weight is 420 g/mol. The van der Waals surface area contributed by atoms with Crippen LogP contribution in [0.5, 0.6) is 5.88 Å². The van der Waals surface area contributed by atoms with Crippen molar-refractivity contribution in [1.29, 1.82) is 0 Å². The summed E-state index contributed by atoms with van der Waals surface area (Å²) in [6, 6.07) is 8.94. The number of nitrogens with one attached hydrogen (secondary N) is 1. The number of hydrogen-bond acceptors (Lipinski definition) is 8. The topological polar surface area (TPSA) is 137 Å². The fraction of sp³-hybridized carbons (Fsp3) is 0.400. The summed E-state index contributed by atoms with van der Waals surface area (Å²) < 4.78 is 21.0. The molecule has 0 radical (unpaired) electrons. The summed E-state index contributed by atoms with van der Waals surface area (Å²) >= 11 is 0. The molecule has 0 amide bonds. The first-order valence-corrected chi connectivity index (χ1v) is 9.21. The van der Waals surface area contributed by atoms with Crippen molar-refractivity contribution >= 4 is 11.9 Å². The van der Waals surface area contributed by atoms with Crippen LogP contribution in [0.25, 0.3) is 0 Å². The molecule has 1 saturated heterocycles. The first kappa shape index (κ1) is 23.0. The molecule has 1 fully saturated rings. The van der Waals surface area contributed by atoms with Gasteiger partial charge in [-0.25, -0.2) is 14.6 Å². The van der Waals surface area contributed by atoms with Gasteiger partial charge in [-0.05, 0) is 32.9 Å². The summed E-state index contributed by atoms with van der Waals surface area (Å²) in [5.74, 6) is -1.91. The van der Waals surface area contributed by atoms with Gasteiger partial charge < -0.3 is 29.0 Å². The van der Waals surface area contributed by atoms with Crippen molar-refractivity contribution in [3.8, 4) is 5.88 Å². The first-order chi connectivity index (χ1) is 14.2. The number of aromatic amines is 1. The summed E-state index contributed by atoms with van der Waals surface area (Å²) in [4.78, 5) is 38.7. The Morgan fingerprint density at radius 1 is 1.27 bits per heavy atom. The van der Waals surface area contributed by atoms with Gasteiger partial charge in [-0.15, -0.1) is 0 Å². The average Bonchev–Trinajstić information content (AvgIpc) is 3.06. The fourth-order valence-electron chi connectivity index (χ4n) is 2.41. The summed E-state index contributed by atoms with van der Waals surface area (Å²) in [7, 11) is 0. The number of carbonyl (C=O) groups excluding carboxylic acids is 1. The van der Waals surface area contributed by atoms with Gasteiger partial charge in [0.1, 0.15) is 18.4 Å². The Labute approximate surface area is 172 Å². The third kappa shape index (κ3) is 7.30. The molecule has 0 bridgehead atoms. The quantitative estimate of drug-likeness (QED) is 0.671. The van der Waals surface area contributed by atoms with Crippen molar-refractivity contribution in [3.63, 3.8) is 0 Å². The largest absolute Gasteiger partial charge is 0.477 e. The maximum absolute atomic E-state index is 11.0. The van der Waals surface area contributed by atoms with Gasteiger partial charge in [0, 0.05) is 12.1 Å². The number of aromatic nitrogens is 2.